The highest BCUT2D eigenvalue weighted by molar-refractivity contribution is 7.98. The Morgan fingerprint density at radius 1 is 1.22 bits per heavy atom. The summed E-state index contributed by atoms with van der Waals surface area (Å²) in [5.41, 5.74) is 3.26. The van der Waals surface area contributed by atoms with Crippen LogP contribution in [0.3, 0.4) is 0 Å². The van der Waals surface area contributed by atoms with E-state index < -0.39 is 0 Å². The Balaban J connectivity index is 1.57. The lowest BCUT2D eigenvalue weighted by Gasteiger charge is -2.08. The molecule has 10 heteroatoms. The van der Waals surface area contributed by atoms with Crippen molar-refractivity contribution in [1.82, 2.24) is 25.1 Å². The average molecular weight is 469 g/mol. The molecule has 0 radical (unpaired) electrons. The lowest BCUT2D eigenvalue weighted by Crippen LogP contribution is -2.13. The minimum Gasteiger partial charge on any atom is -0.321 e. The van der Waals surface area contributed by atoms with Crippen LogP contribution in [0, 0.1) is 20.8 Å². The van der Waals surface area contributed by atoms with E-state index in [1.807, 2.05) is 45.9 Å². The van der Waals surface area contributed by atoms with E-state index in [0.717, 1.165) is 22.6 Å². The Bertz CT molecular complexity index is 1370. The van der Waals surface area contributed by atoms with Gasteiger partial charge < -0.3 is 10.3 Å². The molecular weight excluding hydrogens is 444 g/mol. The molecule has 0 unspecified atom stereocenters. The first kappa shape index (κ1) is 22.2. The normalized spacial score (nSPS) is 11.4. The van der Waals surface area contributed by atoms with Gasteiger partial charge in [0.05, 0.1) is 16.0 Å². The summed E-state index contributed by atoms with van der Waals surface area (Å²) < 4.78 is 0. The molecule has 0 fully saturated rings. The first-order valence-electron chi connectivity index (χ1n) is 10.2. The minimum absolute atomic E-state index is 0.241. The fraction of sp³-hybridized carbons (Fsp3) is 0.318. The molecule has 4 rings (SSSR count). The van der Waals surface area contributed by atoms with Crippen LogP contribution >= 0.6 is 23.1 Å². The number of hydrogen-bond donors (Lipinski definition) is 3. The van der Waals surface area contributed by atoms with Crippen LogP contribution in [-0.4, -0.2) is 31.1 Å². The van der Waals surface area contributed by atoms with E-state index in [4.69, 9.17) is 0 Å². The second-order valence-electron chi connectivity index (χ2n) is 7.97. The molecule has 3 aromatic heterocycles. The fourth-order valence-electron chi connectivity index (χ4n) is 3.32. The molecule has 0 aliphatic rings. The van der Waals surface area contributed by atoms with Gasteiger partial charge in [0, 0.05) is 11.6 Å². The zero-order valence-electron chi connectivity index (χ0n) is 18.5. The van der Waals surface area contributed by atoms with Gasteiger partial charge in [0.15, 0.2) is 0 Å². The molecule has 8 nitrogen and oxygen atoms in total. The molecule has 32 heavy (non-hydrogen) atoms. The minimum atomic E-state index is -0.247. The van der Waals surface area contributed by atoms with Crippen LogP contribution in [0.15, 0.2) is 28.2 Å². The van der Waals surface area contributed by atoms with Crippen molar-refractivity contribution in [2.24, 2.45) is 0 Å². The molecule has 1 aromatic carbocycles. The number of thiophene rings is 1. The average Bonchev–Trinajstić information content (AvgIpc) is 3.33. The molecule has 3 N–H and O–H groups in total. The van der Waals surface area contributed by atoms with E-state index >= 15 is 0 Å². The smallest absolute Gasteiger partial charge is 0.266 e. The number of benzene rings is 1. The number of aromatic nitrogens is 5. The summed E-state index contributed by atoms with van der Waals surface area (Å²) in [6, 6.07) is 5.86. The van der Waals surface area contributed by atoms with E-state index in [9.17, 15) is 9.59 Å². The van der Waals surface area contributed by atoms with Crippen molar-refractivity contribution < 1.29 is 4.79 Å². The summed E-state index contributed by atoms with van der Waals surface area (Å²) in [6.07, 6.45) is 0. The SMILES string of the molecule is Cc1ccc(NC(=O)c2sc3nc(CSc4n[nH]c(C(C)C)n4)[nH]c(=O)c3c2C)c(C)c1. The Morgan fingerprint density at radius 2 is 2.00 bits per heavy atom. The van der Waals surface area contributed by atoms with E-state index in [2.05, 4.69) is 30.5 Å². The summed E-state index contributed by atoms with van der Waals surface area (Å²) in [5, 5.41) is 11.1. The topological polar surface area (TPSA) is 116 Å². The van der Waals surface area contributed by atoms with E-state index in [0.29, 0.717) is 37.4 Å². The van der Waals surface area contributed by atoms with Crippen LogP contribution in [-0.2, 0) is 5.75 Å². The van der Waals surface area contributed by atoms with Crippen molar-refractivity contribution in [2.45, 2.75) is 51.4 Å². The fourth-order valence-corrected chi connectivity index (χ4v) is 5.09. The number of thioether (sulfide) groups is 1. The maximum absolute atomic E-state index is 12.9. The Hall–Kier alpha value is -2.98. The van der Waals surface area contributed by atoms with Crippen LogP contribution in [0.4, 0.5) is 5.69 Å². The molecule has 1 amide bonds. The van der Waals surface area contributed by atoms with Crippen molar-refractivity contribution in [2.75, 3.05) is 5.32 Å². The predicted octanol–water partition coefficient (Wildman–Crippen LogP) is 4.70. The van der Waals surface area contributed by atoms with Crippen molar-refractivity contribution in [3.63, 3.8) is 0 Å². The molecule has 0 saturated carbocycles. The molecule has 0 aliphatic carbocycles. The lowest BCUT2D eigenvalue weighted by atomic mass is 10.1. The first-order chi connectivity index (χ1) is 15.2. The van der Waals surface area contributed by atoms with Gasteiger partial charge in [-0.2, -0.15) is 0 Å². The van der Waals surface area contributed by atoms with Gasteiger partial charge in [0.2, 0.25) is 5.16 Å². The van der Waals surface area contributed by atoms with Gasteiger partial charge in [0.1, 0.15) is 16.5 Å². The maximum atomic E-state index is 12.9. The number of anilines is 1. The molecule has 0 atom stereocenters. The number of carbonyl (C=O) groups excluding carboxylic acids is 1. The van der Waals surface area contributed by atoms with Crippen LogP contribution < -0.4 is 10.9 Å². The highest BCUT2D eigenvalue weighted by atomic mass is 32.2. The van der Waals surface area contributed by atoms with Gasteiger partial charge in [-0.25, -0.2) is 9.97 Å². The third kappa shape index (κ3) is 4.46. The van der Waals surface area contributed by atoms with E-state index in [1.54, 1.807) is 6.92 Å². The first-order valence-corrected chi connectivity index (χ1v) is 12.0. The number of aryl methyl sites for hydroxylation is 3. The number of fused-ring (bicyclic) bond motifs is 1. The van der Waals surface area contributed by atoms with Gasteiger partial charge in [-0.3, -0.25) is 14.7 Å². The maximum Gasteiger partial charge on any atom is 0.266 e. The van der Waals surface area contributed by atoms with Crippen LogP contribution in [0.25, 0.3) is 10.2 Å². The molecule has 0 bridgehead atoms. The summed E-state index contributed by atoms with van der Waals surface area (Å²) >= 11 is 2.62. The van der Waals surface area contributed by atoms with Gasteiger partial charge in [-0.15, -0.1) is 16.4 Å². The van der Waals surface area contributed by atoms with Crippen LogP contribution in [0.2, 0.25) is 0 Å². The molecular formula is C22H24N6O2S2. The van der Waals surface area contributed by atoms with Gasteiger partial charge >= 0.3 is 0 Å². The lowest BCUT2D eigenvalue weighted by molar-refractivity contribution is 0.103. The Morgan fingerprint density at radius 3 is 2.69 bits per heavy atom. The Kier molecular flexibility index (Phi) is 6.16. The third-order valence-corrected chi connectivity index (χ3v) is 7.10. The largest absolute Gasteiger partial charge is 0.321 e. The molecule has 0 aliphatic heterocycles. The highest BCUT2D eigenvalue weighted by Crippen LogP contribution is 2.29. The molecule has 4 aromatic rings. The second-order valence-corrected chi connectivity index (χ2v) is 9.91. The zero-order valence-corrected chi connectivity index (χ0v) is 20.1. The second kappa shape index (κ2) is 8.87. The van der Waals surface area contributed by atoms with Gasteiger partial charge in [-0.1, -0.05) is 43.3 Å². The van der Waals surface area contributed by atoms with Crippen LogP contribution in [0.1, 0.15) is 57.8 Å². The number of H-pyrrole nitrogens is 2. The molecule has 3 heterocycles. The third-order valence-electron chi connectivity index (χ3n) is 5.05. The Labute approximate surface area is 193 Å². The highest BCUT2D eigenvalue weighted by Gasteiger charge is 2.20. The molecule has 166 valence electrons. The number of amides is 1. The van der Waals surface area contributed by atoms with E-state index in [-0.39, 0.29) is 17.4 Å². The summed E-state index contributed by atoms with van der Waals surface area (Å²) in [6.45, 7) is 9.81. The standard InChI is InChI=1S/C22H24N6O2S2/c1-10(2)18-26-22(28-27-18)31-9-15-24-19(29)16-13(5)17(32-21(16)25-15)20(30)23-14-7-6-11(3)8-12(14)4/h6-8,10H,9H2,1-5H3,(H,23,30)(H,24,25,29)(H,26,27,28). The van der Waals surface area contributed by atoms with Gasteiger partial charge in [-0.05, 0) is 38.0 Å². The summed E-state index contributed by atoms with van der Waals surface area (Å²) in [7, 11) is 0. The number of nitrogens with zero attached hydrogens (tertiary/aromatic N) is 3. The monoisotopic (exact) mass is 468 g/mol. The predicted molar refractivity (Wildman–Crippen MR) is 129 cm³/mol. The number of hydrogen-bond acceptors (Lipinski definition) is 7. The van der Waals surface area contributed by atoms with Crippen molar-refractivity contribution in [1.29, 1.82) is 0 Å². The summed E-state index contributed by atoms with van der Waals surface area (Å²) in [4.78, 5) is 38.6. The quantitative estimate of drug-likeness (QED) is 0.353. The zero-order chi connectivity index (χ0) is 23.0. The van der Waals surface area contributed by atoms with Gasteiger partial charge in [0.25, 0.3) is 11.5 Å². The molecule has 0 spiro atoms. The van der Waals surface area contributed by atoms with Crippen molar-refractivity contribution >= 4 is 44.9 Å². The van der Waals surface area contributed by atoms with Crippen molar-refractivity contribution in [3.05, 3.63) is 61.8 Å². The van der Waals surface area contributed by atoms with E-state index in [1.165, 1.54) is 23.1 Å². The van der Waals surface area contributed by atoms with Crippen molar-refractivity contribution in [3.8, 4) is 0 Å². The summed E-state index contributed by atoms with van der Waals surface area (Å²) in [5.74, 6) is 1.77. The van der Waals surface area contributed by atoms with Crippen LogP contribution in [0.5, 0.6) is 0 Å². The molecule has 0 saturated heterocycles. The number of rotatable bonds is 6. The number of nitrogens with one attached hydrogen (secondary N) is 3. The number of aromatic amines is 2. The number of carbonyl (C=O) groups is 1.